The molecular weight excluding hydrogens is 250 g/mol. The van der Waals surface area contributed by atoms with Crippen LogP contribution in [0, 0.1) is 6.92 Å². The van der Waals surface area contributed by atoms with E-state index in [4.69, 9.17) is 0 Å². The van der Waals surface area contributed by atoms with E-state index in [0.717, 1.165) is 25.1 Å². The number of nitrogens with one attached hydrogen (secondary N) is 1. The summed E-state index contributed by atoms with van der Waals surface area (Å²) in [5, 5.41) is 3.60. The second-order valence-corrected chi connectivity index (χ2v) is 5.84. The molecule has 2 aromatic rings. The summed E-state index contributed by atoms with van der Waals surface area (Å²) in [7, 11) is 0. The van der Waals surface area contributed by atoms with E-state index in [2.05, 4.69) is 29.1 Å². The van der Waals surface area contributed by atoms with Gasteiger partial charge in [-0.2, -0.15) is 0 Å². The van der Waals surface area contributed by atoms with Crippen LogP contribution in [-0.2, 0) is 6.42 Å². The highest BCUT2D eigenvalue weighted by molar-refractivity contribution is 7.10. The number of hydrogen-bond donors (Lipinski definition) is 1. The molecule has 92 valence electrons. The molecule has 0 radical (unpaired) electrons. The lowest BCUT2D eigenvalue weighted by atomic mass is 10.1. The van der Waals surface area contributed by atoms with Crippen molar-refractivity contribution in [1.29, 1.82) is 0 Å². The van der Waals surface area contributed by atoms with Crippen molar-refractivity contribution in [2.45, 2.75) is 32.7 Å². The maximum atomic E-state index is 4.34. The van der Waals surface area contributed by atoms with Gasteiger partial charge in [0.05, 0.1) is 16.7 Å². The molecule has 2 aromatic heterocycles. The Hall–Kier alpha value is -0.780. The Balaban J connectivity index is 2.11. The summed E-state index contributed by atoms with van der Waals surface area (Å²) in [5.41, 5.74) is 4.97. The molecule has 17 heavy (non-hydrogen) atoms. The van der Waals surface area contributed by atoms with E-state index in [9.17, 15) is 0 Å². The van der Waals surface area contributed by atoms with Crippen LogP contribution >= 0.6 is 22.7 Å². The van der Waals surface area contributed by atoms with Gasteiger partial charge in [0, 0.05) is 28.4 Å². The van der Waals surface area contributed by atoms with Crippen LogP contribution in [-0.4, -0.2) is 16.5 Å². The molecule has 0 aromatic carbocycles. The third-order valence-electron chi connectivity index (χ3n) is 2.63. The summed E-state index contributed by atoms with van der Waals surface area (Å²) in [6.45, 7) is 5.32. The summed E-state index contributed by atoms with van der Waals surface area (Å²) in [6, 6.07) is 0.378. The number of nitrogens with zero attached hydrogens (tertiary/aromatic N) is 2. The number of aromatic nitrogens is 2. The standard InChI is InChI=1S/C12H17N3S2/c1-3-4-14-11(5-10-6-13-7-16-10)12-9(2)15-8-17-12/h6-8,11,14H,3-5H2,1-2H3. The van der Waals surface area contributed by atoms with E-state index >= 15 is 0 Å². The van der Waals surface area contributed by atoms with Crippen LogP contribution in [0.4, 0.5) is 0 Å². The lowest BCUT2D eigenvalue weighted by Crippen LogP contribution is -2.23. The zero-order valence-electron chi connectivity index (χ0n) is 10.1. The molecule has 0 bridgehead atoms. The quantitative estimate of drug-likeness (QED) is 0.873. The molecular formula is C12H17N3S2. The van der Waals surface area contributed by atoms with E-state index in [1.807, 2.05) is 17.2 Å². The van der Waals surface area contributed by atoms with Crippen molar-refractivity contribution < 1.29 is 0 Å². The first-order chi connectivity index (χ1) is 8.31. The predicted octanol–water partition coefficient (Wildman–Crippen LogP) is 3.19. The Morgan fingerprint density at radius 3 is 2.82 bits per heavy atom. The molecule has 0 aliphatic rings. The van der Waals surface area contributed by atoms with Gasteiger partial charge in [0.25, 0.3) is 0 Å². The Kier molecular flexibility index (Phi) is 4.65. The highest BCUT2D eigenvalue weighted by Crippen LogP contribution is 2.26. The maximum absolute atomic E-state index is 4.34. The lowest BCUT2D eigenvalue weighted by molar-refractivity contribution is 0.536. The molecule has 3 nitrogen and oxygen atoms in total. The Labute approximate surface area is 110 Å². The monoisotopic (exact) mass is 267 g/mol. The van der Waals surface area contributed by atoms with Crippen LogP contribution in [0.5, 0.6) is 0 Å². The highest BCUT2D eigenvalue weighted by atomic mass is 32.1. The lowest BCUT2D eigenvalue weighted by Gasteiger charge is -2.16. The van der Waals surface area contributed by atoms with Crippen molar-refractivity contribution in [3.63, 3.8) is 0 Å². The van der Waals surface area contributed by atoms with E-state index < -0.39 is 0 Å². The van der Waals surface area contributed by atoms with Gasteiger partial charge >= 0.3 is 0 Å². The van der Waals surface area contributed by atoms with Crippen LogP contribution in [0.2, 0.25) is 0 Å². The summed E-state index contributed by atoms with van der Waals surface area (Å²) in [5.74, 6) is 0. The van der Waals surface area contributed by atoms with Gasteiger partial charge in [-0.1, -0.05) is 6.92 Å². The van der Waals surface area contributed by atoms with Gasteiger partial charge < -0.3 is 5.32 Å². The van der Waals surface area contributed by atoms with Crippen molar-refractivity contribution in [1.82, 2.24) is 15.3 Å². The van der Waals surface area contributed by atoms with Gasteiger partial charge in [-0.05, 0) is 19.9 Å². The van der Waals surface area contributed by atoms with Crippen LogP contribution in [0.15, 0.2) is 17.2 Å². The zero-order chi connectivity index (χ0) is 12.1. The first kappa shape index (κ1) is 12.7. The van der Waals surface area contributed by atoms with Crippen LogP contribution in [0.25, 0.3) is 0 Å². The van der Waals surface area contributed by atoms with Gasteiger partial charge in [-0.3, -0.25) is 4.98 Å². The van der Waals surface area contributed by atoms with Gasteiger partial charge in [-0.15, -0.1) is 22.7 Å². The molecule has 0 aliphatic heterocycles. The van der Waals surface area contributed by atoms with Gasteiger partial charge in [0.2, 0.25) is 0 Å². The van der Waals surface area contributed by atoms with Crippen molar-refractivity contribution in [2.75, 3.05) is 6.54 Å². The molecule has 1 atom stereocenters. The fourth-order valence-corrected chi connectivity index (χ4v) is 3.29. The van der Waals surface area contributed by atoms with Crippen LogP contribution < -0.4 is 5.32 Å². The fourth-order valence-electron chi connectivity index (χ4n) is 1.77. The minimum Gasteiger partial charge on any atom is -0.309 e. The topological polar surface area (TPSA) is 37.8 Å². The predicted molar refractivity (Wildman–Crippen MR) is 73.7 cm³/mol. The molecule has 0 aliphatic carbocycles. The van der Waals surface area contributed by atoms with Crippen molar-refractivity contribution in [2.24, 2.45) is 0 Å². The normalized spacial score (nSPS) is 12.8. The third-order valence-corrected chi connectivity index (χ3v) is 4.48. The Bertz CT molecular complexity index is 436. The number of thiazole rings is 2. The zero-order valence-corrected chi connectivity index (χ0v) is 11.8. The largest absolute Gasteiger partial charge is 0.309 e. The number of rotatable bonds is 6. The molecule has 1 unspecified atom stereocenters. The first-order valence-corrected chi connectivity index (χ1v) is 7.58. The molecule has 2 heterocycles. The minimum atomic E-state index is 0.378. The molecule has 0 spiro atoms. The van der Waals surface area contributed by atoms with Crippen LogP contribution in [0.1, 0.15) is 34.8 Å². The van der Waals surface area contributed by atoms with Gasteiger partial charge in [0.1, 0.15) is 0 Å². The third kappa shape index (κ3) is 3.34. The smallest absolute Gasteiger partial charge is 0.0798 e. The SMILES string of the molecule is CCCNC(Cc1cncs1)c1scnc1C. The number of hydrogen-bond acceptors (Lipinski definition) is 5. The molecule has 0 saturated carbocycles. The van der Waals surface area contributed by atoms with Crippen molar-refractivity contribution >= 4 is 22.7 Å². The van der Waals surface area contributed by atoms with E-state index in [1.165, 1.54) is 9.75 Å². The average molecular weight is 267 g/mol. The average Bonchev–Trinajstić information content (AvgIpc) is 2.95. The molecule has 1 N–H and O–H groups in total. The molecule has 0 saturated heterocycles. The van der Waals surface area contributed by atoms with Gasteiger partial charge in [-0.25, -0.2) is 4.98 Å². The molecule has 5 heteroatoms. The minimum absolute atomic E-state index is 0.378. The van der Waals surface area contributed by atoms with E-state index in [1.54, 1.807) is 22.7 Å². The Morgan fingerprint density at radius 1 is 1.35 bits per heavy atom. The van der Waals surface area contributed by atoms with E-state index in [-0.39, 0.29) is 0 Å². The Morgan fingerprint density at radius 2 is 2.24 bits per heavy atom. The van der Waals surface area contributed by atoms with Gasteiger partial charge in [0.15, 0.2) is 0 Å². The van der Waals surface area contributed by atoms with Crippen molar-refractivity contribution in [3.8, 4) is 0 Å². The first-order valence-electron chi connectivity index (χ1n) is 5.82. The molecule has 2 rings (SSSR count). The fraction of sp³-hybridized carbons (Fsp3) is 0.500. The van der Waals surface area contributed by atoms with E-state index in [0.29, 0.717) is 6.04 Å². The summed E-state index contributed by atoms with van der Waals surface area (Å²) in [4.78, 5) is 11.2. The summed E-state index contributed by atoms with van der Waals surface area (Å²) in [6.07, 6.45) is 4.12. The maximum Gasteiger partial charge on any atom is 0.0798 e. The highest BCUT2D eigenvalue weighted by Gasteiger charge is 2.16. The molecule has 0 amide bonds. The number of aryl methyl sites for hydroxylation is 1. The van der Waals surface area contributed by atoms with Crippen LogP contribution in [0.3, 0.4) is 0 Å². The van der Waals surface area contributed by atoms with Crippen molar-refractivity contribution in [3.05, 3.63) is 32.7 Å². The summed E-state index contributed by atoms with van der Waals surface area (Å²) < 4.78 is 0. The summed E-state index contributed by atoms with van der Waals surface area (Å²) >= 11 is 3.46. The second-order valence-electron chi connectivity index (χ2n) is 3.98. The second kappa shape index (κ2) is 6.23. The molecule has 0 fully saturated rings.